The van der Waals surface area contributed by atoms with Crippen molar-refractivity contribution in [2.45, 2.75) is 6.92 Å². The summed E-state index contributed by atoms with van der Waals surface area (Å²) in [5.74, 6) is 0.0956. The summed E-state index contributed by atoms with van der Waals surface area (Å²) >= 11 is 0. The molecule has 2 rings (SSSR count). The van der Waals surface area contributed by atoms with E-state index < -0.39 is 10.9 Å². The van der Waals surface area contributed by atoms with Crippen molar-refractivity contribution in [3.8, 4) is 5.75 Å². The first kappa shape index (κ1) is 17.2. The maximum atomic E-state index is 11.9. The molecule has 0 heterocycles. The Hall–Kier alpha value is -3.15. The highest BCUT2D eigenvalue weighted by atomic mass is 16.6. The van der Waals surface area contributed by atoms with Crippen molar-refractivity contribution >= 4 is 17.2 Å². The Kier molecular flexibility index (Phi) is 5.68. The van der Waals surface area contributed by atoms with Crippen LogP contribution in [0, 0.1) is 10.1 Å². The van der Waals surface area contributed by atoms with Gasteiger partial charge in [-0.15, -0.1) is 0 Å². The number of nitro benzene ring substituents is 1. The van der Waals surface area contributed by atoms with E-state index in [1.807, 2.05) is 0 Å². The van der Waals surface area contributed by atoms with Crippen LogP contribution in [-0.4, -0.2) is 24.6 Å². The average Bonchev–Trinajstić information content (AvgIpc) is 2.60. The van der Waals surface area contributed by atoms with Crippen LogP contribution in [-0.2, 0) is 9.53 Å². The lowest BCUT2D eigenvalue weighted by Crippen LogP contribution is -2.03. The van der Waals surface area contributed by atoms with Crippen molar-refractivity contribution in [2.24, 2.45) is 0 Å². The third-order valence-corrected chi connectivity index (χ3v) is 3.34. The summed E-state index contributed by atoms with van der Waals surface area (Å²) in [6, 6.07) is 13.2. The molecule has 6 heteroatoms. The predicted molar refractivity (Wildman–Crippen MR) is 89.8 cm³/mol. The molecule has 0 saturated heterocycles. The zero-order chi connectivity index (χ0) is 17.5. The number of carbonyl (C=O) groups is 1. The second-order valence-electron chi connectivity index (χ2n) is 4.81. The van der Waals surface area contributed by atoms with Gasteiger partial charge in [-0.3, -0.25) is 10.1 Å². The molecule has 0 unspecified atom stereocenters. The molecule has 6 nitrogen and oxygen atoms in total. The van der Waals surface area contributed by atoms with E-state index in [2.05, 4.69) is 0 Å². The van der Waals surface area contributed by atoms with E-state index in [1.54, 1.807) is 56.5 Å². The number of nitrogens with zero attached hydrogens (tertiary/aromatic N) is 1. The van der Waals surface area contributed by atoms with Gasteiger partial charge in [-0.2, -0.15) is 0 Å². The topological polar surface area (TPSA) is 78.7 Å². The molecule has 124 valence electrons. The maximum Gasteiger partial charge on any atom is 0.331 e. The lowest BCUT2D eigenvalue weighted by Gasteiger charge is -2.10. The zero-order valence-corrected chi connectivity index (χ0v) is 13.4. The summed E-state index contributed by atoms with van der Waals surface area (Å²) in [5.41, 5.74) is 1.34. The molecule has 0 aromatic heterocycles. The first-order chi connectivity index (χ1) is 11.6. The number of ether oxygens (including phenoxy) is 2. The number of nitro groups is 1. The molecule has 0 aliphatic heterocycles. The van der Waals surface area contributed by atoms with E-state index in [1.165, 1.54) is 12.1 Å². The Morgan fingerprint density at radius 1 is 1.17 bits per heavy atom. The Labute approximate surface area is 139 Å². The summed E-state index contributed by atoms with van der Waals surface area (Å²) in [4.78, 5) is 22.7. The van der Waals surface area contributed by atoms with Gasteiger partial charge in [-0.05, 0) is 30.7 Å². The lowest BCUT2D eigenvalue weighted by molar-refractivity contribution is -0.385. The first-order valence-electron chi connectivity index (χ1n) is 7.33. The predicted octanol–water partition coefficient (Wildman–Crippen LogP) is 3.60. The molecule has 2 aromatic carbocycles. The van der Waals surface area contributed by atoms with Gasteiger partial charge in [0.15, 0.2) is 0 Å². The van der Waals surface area contributed by atoms with E-state index in [4.69, 9.17) is 9.47 Å². The molecule has 24 heavy (non-hydrogen) atoms. The van der Waals surface area contributed by atoms with Crippen molar-refractivity contribution in [3.63, 3.8) is 0 Å². The highest BCUT2D eigenvalue weighted by Crippen LogP contribution is 2.31. The molecule has 0 aliphatic rings. The van der Waals surface area contributed by atoms with Crippen LogP contribution in [0.2, 0.25) is 0 Å². The van der Waals surface area contributed by atoms with E-state index >= 15 is 0 Å². The number of esters is 1. The fraction of sp³-hybridized carbons (Fsp3) is 0.167. The standard InChI is InChI=1S/C18H17NO5/c1-3-24-18(20)12-16(13-8-10-14(23-2)11-9-13)15-6-4-5-7-17(15)19(21)22/h4-12H,3H2,1-2H3/b16-12-. The minimum Gasteiger partial charge on any atom is -0.497 e. The first-order valence-corrected chi connectivity index (χ1v) is 7.33. The van der Waals surface area contributed by atoms with Crippen molar-refractivity contribution in [2.75, 3.05) is 13.7 Å². The van der Waals surface area contributed by atoms with Gasteiger partial charge < -0.3 is 9.47 Å². The zero-order valence-electron chi connectivity index (χ0n) is 13.4. The summed E-state index contributed by atoms with van der Waals surface area (Å²) < 4.78 is 10.1. The summed E-state index contributed by atoms with van der Waals surface area (Å²) in [6.45, 7) is 1.92. The van der Waals surface area contributed by atoms with Crippen LogP contribution in [0.4, 0.5) is 5.69 Å². The van der Waals surface area contributed by atoms with Crippen LogP contribution < -0.4 is 4.74 Å². The fourth-order valence-electron chi connectivity index (χ4n) is 2.25. The van der Waals surface area contributed by atoms with Crippen molar-refractivity contribution in [3.05, 3.63) is 75.8 Å². The summed E-state index contributed by atoms with van der Waals surface area (Å²) in [7, 11) is 1.55. The Morgan fingerprint density at radius 3 is 2.42 bits per heavy atom. The number of benzene rings is 2. The van der Waals surface area contributed by atoms with Gasteiger partial charge in [-0.25, -0.2) is 4.79 Å². The molecule has 0 radical (unpaired) electrons. The van der Waals surface area contributed by atoms with Gasteiger partial charge in [0.05, 0.1) is 24.2 Å². The number of carbonyl (C=O) groups excluding carboxylic acids is 1. The lowest BCUT2D eigenvalue weighted by atomic mass is 9.96. The number of rotatable bonds is 6. The van der Waals surface area contributed by atoms with Crippen LogP contribution in [0.15, 0.2) is 54.6 Å². The molecule has 0 spiro atoms. The second kappa shape index (κ2) is 7.92. The highest BCUT2D eigenvalue weighted by Gasteiger charge is 2.19. The maximum absolute atomic E-state index is 11.9. The molecule has 0 N–H and O–H groups in total. The number of hydrogen-bond acceptors (Lipinski definition) is 5. The largest absolute Gasteiger partial charge is 0.497 e. The van der Waals surface area contributed by atoms with E-state index in [-0.39, 0.29) is 12.3 Å². The second-order valence-corrected chi connectivity index (χ2v) is 4.81. The van der Waals surface area contributed by atoms with Crippen LogP contribution in [0.25, 0.3) is 5.57 Å². The molecule has 2 aromatic rings. The third-order valence-electron chi connectivity index (χ3n) is 3.34. The Balaban J connectivity index is 2.59. The molecular formula is C18H17NO5. The van der Waals surface area contributed by atoms with Crippen molar-refractivity contribution in [1.29, 1.82) is 0 Å². The number of para-hydroxylation sites is 1. The molecule has 0 aliphatic carbocycles. The molecular weight excluding hydrogens is 310 g/mol. The third kappa shape index (κ3) is 3.98. The summed E-state index contributed by atoms with van der Waals surface area (Å²) in [6.07, 6.45) is 1.27. The molecule has 0 saturated carbocycles. The van der Waals surface area contributed by atoms with Gasteiger partial charge in [-0.1, -0.05) is 24.3 Å². The normalized spacial score (nSPS) is 11.0. The van der Waals surface area contributed by atoms with Crippen LogP contribution in [0.3, 0.4) is 0 Å². The van der Waals surface area contributed by atoms with Gasteiger partial charge in [0.2, 0.25) is 0 Å². The quantitative estimate of drug-likeness (QED) is 0.350. The van der Waals surface area contributed by atoms with Crippen molar-refractivity contribution < 1.29 is 19.2 Å². The van der Waals surface area contributed by atoms with Crippen molar-refractivity contribution in [1.82, 2.24) is 0 Å². The van der Waals surface area contributed by atoms with Crippen LogP contribution in [0.1, 0.15) is 18.1 Å². The van der Waals surface area contributed by atoms with E-state index in [0.717, 1.165) is 0 Å². The van der Waals surface area contributed by atoms with Crippen LogP contribution >= 0.6 is 0 Å². The Bertz CT molecular complexity index is 765. The molecule has 0 bridgehead atoms. The molecule has 0 amide bonds. The Morgan fingerprint density at radius 2 is 1.83 bits per heavy atom. The van der Waals surface area contributed by atoms with E-state index in [9.17, 15) is 14.9 Å². The van der Waals surface area contributed by atoms with Crippen LogP contribution in [0.5, 0.6) is 5.75 Å². The summed E-state index contributed by atoms with van der Waals surface area (Å²) in [5, 5.41) is 11.3. The van der Waals surface area contributed by atoms with Gasteiger partial charge in [0, 0.05) is 17.7 Å². The monoisotopic (exact) mass is 327 g/mol. The van der Waals surface area contributed by atoms with Gasteiger partial charge >= 0.3 is 5.97 Å². The van der Waals surface area contributed by atoms with Gasteiger partial charge in [0.25, 0.3) is 5.69 Å². The number of hydrogen-bond donors (Lipinski definition) is 0. The van der Waals surface area contributed by atoms with Gasteiger partial charge in [0.1, 0.15) is 5.75 Å². The smallest absolute Gasteiger partial charge is 0.331 e. The SMILES string of the molecule is CCOC(=O)/C=C(/c1ccc(OC)cc1)c1ccccc1[N+](=O)[O-]. The molecule has 0 atom stereocenters. The minimum atomic E-state index is -0.554. The number of methoxy groups -OCH3 is 1. The highest BCUT2D eigenvalue weighted by molar-refractivity contribution is 5.97. The average molecular weight is 327 g/mol. The minimum absolute atomic E-state index is 0.0798. The fourth-order valence-corrected chi connectivity index (χ4v) is 2.25. The van der Waals surface area contributed by atoms with E-state index in [0.29, 0.717) is 22.4 Å². The molecule has 0 fully saturated rings.